The number of nitro groups is 1. The maximum Gasteiger partial charge on any atom is 0.270 e. The van der Waals surface area contributed by atoms with Gasteiger partial charge in [-0.05, 0) is 56.6 Å². The van der Waals surface area contributed by atoms with E-state index < -0.39 is 16.9 Å². The molecule has 0 heterocycles. The Bertz CT molecular complexity index is 736. The molecule has 2 amide bonds. The molecule has 1 unspecified atom stereocenters. The van der Waals surface area contributed by atoms with Crippen LogP contribution in [-0.2, 0) is 4.79 Å². The summed E-state index contributed by atoms with van der Waals surface area (Å²) in [5, 5.41) is 16.5. The van der Waals surface area contributed by atoms with E-state index >= 15 is 0 Å². The molecular weight excluding hydrogens is 378 g/mol. The number of nitrogens with zero attached hydrogens (tertiary/aromatic N) is 1. The van der Waals surface area contributed by atoms with Gasteiger partial charge in [-0.15, -0.1) is 0 Å². The standard InChI is InChI=1S/C20H27N3O4S/c1-28-13-11-18(20(25)21-12-10-15-6-3-2-4-7-15)22-19(24)16-8-5-9-17(14-16)23(26)27/h5-6,8-9,14,18H,2-4,7,10-13H2,1H3,(H,21,25)(H,22,24). The van der Waals surface area contributed by atoms with Gasteiger partial charge in [0.05, 0.1) is 4.92 Å². The van der Waals surface area contributed by atoms with Crippen LogP contribution in [0.25, 0.3) is 0 Å². The summed E-state index contributed by atoms with van der Waals surface area (Å²) in [7, 11) is 0. The highest BCUT2D eigenvalue weighted by Crippen LogP contribution is 2.19. The molecule has 0 radical (unpaired) electrons. The Kier molecular flexibility index (Phi) is 9.00. The SMILES string of the molecule is CSCCC(NC(=O)c1cccc([N+](=O)[O-])c1)C(=O)NCCC1=CCCCC1. The highest BCUT2D eigenvalue weighted by Gasteiger charge is 2.22. The number of allylic oxidation sites excluding steroid dienone is 1. The van der Waals surface area contributed by atoms with Crippen molar-refractivity contribution in [3.8, 4) is 0 Å². The lowest BCUT2D eigenvalue weighted by Gasteiger charge is -2.19. The van der Waals surface area contributed by atoms with Gasteiger partial charge in [0.2, 0.25) is 5.91 Å². The zero-order valence-corrected chi connectivity index (χ0v) is 16.9. The molecule has 7 nitrogen and oxygen atoms in total. The Balaban J connectivity index is 1.94. The van der Waals surface area contributed by atoms with E-state index in [1.807, 2.05) is 6.26 Å². The number of benzene rings is 1. The maximum atomic E-state index is 12.6. The van der Waals surface area contributed by atoms with Crippen molar-refractivity contribution in [2.75, 3.05) is 18.6 Å². The average Bonchev–Trinajstić information content (AvgIpc) is 2.71. The maximum absolute atomic E-state index is 12.6. The van der Waals surface area contributed by atoms with Crippen LogP contribution in [0, 0.1) is 10.1 Å². The molecule has 152 valence electrons. The number of hydrogen-bond acceptors (Lipinski definition) is 5. The van der Waals surface area contributed by atoms with E-state index in [-0.39, 0.29) is 17.2 Å². The molecule has 0 saturated heterocycles. The van der Waals surface area contributed by atoms with Gasteiger partial charge in [0.15, 0.2) is 0 Å². The number of thioether (sulfide) groups is 1. The summed E-state index contributed by atoms with van der Waals surface area (Å²) in [5.41, 5.74) is 1.40. The number of amides is 2. The van der Waals surface area contributed by atoms with Gasteiger partial charge in [0.1, 0.15) is 6.04 Å². The zero-order chi connectivity index (χ0) is 20.4. The third-order valence-corrected chi connectivity index (χ3v) is 5.33. The third kappa shape index (κ3) is 6.99. The van der Waals surface area contributed by atoms with Crippen LogP contribution in [-0.4, -0.2) is 41.3 Å². The van der Waals surface area contributed by atoms with Crippen molar-refractivity contribution >= 4 is 29.3 Å². The molecule has 28 heavy (non-hydrogen) atoms. The van der Waals surface area contributed by atoms with Crippen LogP contribution in [0.2, 0.25) is 0 Å². The lowest BCUT2D eigenvalue weighted by molar-refractivity contribution is -0.384. The van der Waals surface area contributed by atoms with Gasteiger partial charge in [-0.25, -0.2) is 0 Å². The van der Waals surface area contributed by atoms with E-state index in [4.69, 9.17) is 0 Å². The third-order valence-electron chi connectivity index (χ3n) is 4.68. The summed E-state index contributed by atoms with van der Waals surface area (Å²) in [6.07, 6.45) is 10.2. The molecule has 1 aliphatic rings. The average molecular weight is 406 g/mol. The first-order chi connectivity index (χ1) is 13.5. The van der Waals surface area contributed by atoms with Gasteiger partial charge in [-0.3, -0.25) is 19.7 Å². The molecule has 8 heteroatoms. The number of hydrogen-bond donors (Lipinski definition) is 2. The Morgan fingerprint density at radius 1 is 1.32 bits per heavy atom. The number of rotatable bonds is 10. The van der Waals surface area contributed by atoms with E-state index in [1.165, 1.54) is 42.7 Å². The molecule has 0 bridgehead atoms. The molecule has 1 aromatic rings. The van der Waals surface area contributed by atoms with Gasteiger partial charge in [-0.2, -0.15) is 11.8 Å². The topological polar surface area (TPSA) is 101 Å². The minimum Gasteiger partial charge on any atom is -0.354 e. The van der Waals surface area contributed by atoms with E-state index in [0.717, 1.165) is 25.0 Å². The second kappa shape index (κ2) is 11.5. The first kappa shape index (κ1) is 21.9. The van der Waals surface area contributed by atoms with E-state index in [2.05, 4.69) is 16.7 Å². The van der Waals surface area contributed by atoms with E-state index in [1.54, 1.807) is 11.8 Å². The quantitative estimate of drug-likeness (QED) is 0.353. The Labute approximate surface area is 169 Å². The van der Waals surface area contributed by atoms with Crippen LogP contribution >= 0.6 is 11.8 Å². The summed E-state index contributed by atoms with van der Waals surface area (Å²) >= 11 is 1.59. The fraction of sp³-hybridized carbons (Fsp3) is 0.500. The normalized spacial score (nSPS) is 14.7. The molecule has 0 aromatic heterocycles. The molecule has 2 N–H and O–H groups in total. The first-order valence-electron chi connectivity index (χ1n) is 9.51. The van der Waals surface area contributed by atoms with Crippen molar-refractivity contribution in [2.45, 2.75) is 44.6 Å². The van der Waals surface area contributed by atoms with Crippen LogP contribution in [0.5, 0.6) is 0 Å². The molecule has 0 aliphatic heterocycles. The first-order valence-corrected chi connectivity index (χ1v) is 10.9. The molecule has 0 saturated carbocycles. The number of non-ortho nitro benzene ring substituents is 1. The van der Waals surface area contributed by atoms with Crippen molar-refractivity contribution in [1.29, 1.82) is 0 Å². The minimum absolute atomic E-state index is 0.154. The molecule has 1 atom stereocenters. The molecule has 2 rings (SSSR count). The van der Waals surface area contributed by atoms with Crippen LogP contribution in [0.3, 0.4) is 0 Å². The van der Waals surface area contributed by atoms with Gasteiger partial charge >= 0.3 is 0 Å². The zero-order valence-electron chi connectivity index (χ0n) is 16.1. The minimum atomic E-state index is -0.667. The van der Waals surface area contributed by atoms with Crippen LogP contribution in [0.1, 0.15) is 48.9 Å². The highest BCUT2D eigenvalue weighted by molar-refractivity contribution is 7.98. The second-order valence-electron chi connectivity index (χ2n) is 6.76. The lowest BCUT2D eigenvalue weighted by Crippen LogP contribution is -2.47. The van der Waals surface area contributed by atoms with Crippen molar-refractivity contribution in [3.05, 3.63) is 51.6 Å². The number of carbonyl (C=O) groups is 2. The van der Waals surface area contributed by atoms with Gasteiger partial charge < -0.3 is 10.6 Å². The van der Waals surface area contributed by atoms with Crippen molar-refractivity contribution in [1.82, 2.24) is 10.6 Å². The molecule has 0 spiro atoms. The summed E-state index contributed by atoms with van der Waals surface area (Å²) in [4.78, 5) is 35.4. The molecule has 1 aromatic carbocycles. The summed E-state index contributed by atoms with van der Waals surface area (Å²) in [6, 6.07) is 4.84. The fourth-order valence-corrected chi connectivity index (χ4v) is 3.58. The van der Waals surface area contributed by atoms with Crippen molar-refractivity contribution in [3.63, 3.8) is 0 Å². The van der Waals surface area contributed by atoms with Gasteiger partial charge in [-0.1, -0.05) is 17.7 Å². The van der Waals surface area contributed by atoms with Crippen molar-refractivity contribution < 1.29 is 14.5 Å². The van der Waals surface area contributed by atoms with Crippen LogP contribution in [0.15, 0.2) is 35.9 Å². The Morgan fingerprint density at radius 3 is 2.82 bits per heavy atom. The molecular formula is C20H27N3O4S. The lowest BCUT2D eigenvalue weighted by atomic mass is 9.97. The predicted molar refractivity (Wildman–Crippen MR) is 112 cm³/mol. The Morgan fingerprint density at radius 2 is 2.14 bits per heavy atom. The largest absolute Gasteiger partial charge is 0.354 e. The van der Waals surface area contributed by atoms with E-state index in [0.29, 0.717) is 13.0 Å². The van der Waals surface area contributed by atoms with E-state index in [9.17, 15) is 19.7 Å². The van der Waals surface area contributed by atoms with Crippen LogP contribution in [0.4, 0.5) is 5.69 Å². The smallest absolute Gasteiger partial charge is 0.270 e. The van der Waals surface area contributed by atoms with Crippen molar-refractivity contribution in [2.24, 2.45) is 0 Å². The second-order valence-corrected chi connectivity index (χ2v) is 7.75. The Hall–Kier alpha value is -2.35. The molecule has 0 fully saturated rings. The summed E-state index contributed by atoms with van der Waals surface area (Å²) in [6.45, 7) is 0.549. The predicted octanol–water partition coefficient (Wildman–Crippen LogP) is 3.45. The van der Waals surface area contributed by atoms with Gasteiger partial charge in [0, 0.05) is 24.2 Å². The van der Waals surface area contributed by atoms with Crippen LogP contribution < -0.4 is 10.6 Å². The number of nitro benzene ring substituents is 1. The highest BCUT2D eigenvalue weighted by atomic mass is 32.2. The number of carbonyl (C=O) groups excluding carboxylic acids is 2. The summed E-state index contributed by atoms with van der Waals surface area (Å²) in [5.74, 6) is 0.0162. The summed E-state index contributed by atoms with van der Waals surface area (Å²) < 4.78 is 0. The fourth-order valence-electron chi connectivity index (χ4n) is 3.11. The monoisotopic (exact) mass is 405 g/mol. The van der Waals surface area contributed by atoms with Gasteiger partial charge in [0.25, 0.3) is 11.6 Å². The molecule has 1 aliphatic carbocycles. The number of nitrogens with one attached hydrogen (secondary N) is 2.